The molecule has 7 nitrogen and oxygen atoms in total. The lowest BCUT2D eigenvalue weighted by Crippen LogP contribution is -2.49. The van der Waals surface area contributed by atoms with Gasteiger partial charge in [-0.05, 0) is 51.1 Å². The summed E-state index contributed by atoms with van der Waals surface area (Å²) in [5.74, 6) is 0.380. The number of halogens is 1. The fourth-order valence-electron chi connectivity index (χ4n) is 4.26. The number of anilines is 1. The summed E-state index contributed by atoms with van der Waals surface area (Å²) in [6, 6.07) is 11.7. The third-order valence-corrected chi connectivity index (χ3v) is 6.00. The second-order valence-corrected chi connectivity index (χ2v) is 8.44. The SMILES string of the molecule is Cc1cc(-c2c(-c3ccnc(F)c3)nc3ccc(N4CCN(C(C)C)CC4)nn23)ccn1. The van der Waals surface area contributed by atoms with E-state index >= 15 is 0 Å². The van der Waals surface area contributed by atoms with E-state index in [4.69, 9.17) is 10.1 Å². The molecule has 0 atom stereocenters. The van der Waals surface area contributed by atoms with E-state index in [9.17, 15) is 4.39 Å². The number of fused-ring (bicyclic) bond motifs is 1. The lowest BCUT2D eigenvalue weighted by atomic mass is 10.1. The second-order valence-electron chi connectivity index (χ2n) is 8.44. The number of imidazole rings is 1. The zero-order valence-corrected chi connectivity index (χ0v) is 18.5. The number of nitrogens with zero attached hydrogens (tertiary/aromatic N) is 7. The molecule has 1 aliphatic heterocycles. The predicted molar refractivity (Wildman–Crippen MR) is 123 cm³/mol. The van der Waals surface area contributed by atoms with Crippen LogP contribution in [0.15, 0.2) is 48.8 Å². The minimum absolute atomic E-state index is 0.534. The van der Waals surface area contributed by atoms with Gasteiger partial charge in [0.2, 0.25) is 5.95 Å². The molecule has 32 heavy (non-hydrogen) atoms. The molecule has 0 aromatic carbocycles. The summed E-state index contributed by atoms with van der Waals surface area (Å²) in [6.07, 6.45) is 3.24. The molecule has 1 fully saturated rings. The summed E-state index contributed by atoms with van der Waals surface area (Å²) < 4.78 is 15.8. The fourth-order valence-corrected chi connectivity index (χ4v) is 4.26. The zero-order valence-electron chi connectivity index (χ0n) is 18.5. The average Bonchev–Trinajstić information content (AvgIpc) is 3.18. The molecule has 0 bridgehead atoms. The molecule has 4 aromatic rings. The Balaban J connectivity index is 1.63. The van der Waals surface area contributed by atoms with Crippen molar-refractivity contribution in [3.05, 3.63) is 60.4 Å². The smallest absolute Gasteiger partial charge is 0.213 e. The summed E-state index contributed by atoms with van der Waals surface area (Å²) in [5.41, 5.74) is 4.70. The Morgan fingerprint density at radius 3 is 2.38 bits per heavy atom. The normalized spacial score (nSPS) is 15.1. The van der Waals surface area contributed by atoms with E-state index in [1.807, 2.05) is 35.7 Å². The maximum absolute atomic E-state index is 13.9. The predicted octanol–water partition coefficient (Wildman–Crippen LogP) is 3.83. The number of aryl methyl sites for hydroxylation is 1. The molecule has 0 aliphatic carbocycles. The highest BCUT2D eigenvalue weighted by molar-refractivity contribution is 5.81. The molecule has 4 aromatic heterocycles. The van der Waals surface area contributed by atoms with Crippen LogP contribution < -0.4 is 4.90 Å². The van der Waals surface area contributed by atoms with Crippen LogP contribution in [-0.2, 0) is 0 Å². The monoisotopic (exact) mass is 431 g/mol. The summed E-state index contributed by atoms with van der Waals surface area (Å²) in [6.45, 7) is 10.3. The van der Waals surface area contributed by atoms with Crippen molar-refractivity contribution in [3.8, 4) is 22.5 Å². The van der Waals surface area contributed by atoms with Crippen molar-refractivity contribution in [1.29, 1.82) is 0 Å². The molecule has 0 amide bonds. The van der Waals surface area contributed by atoms with Crippen molar-refractivity contribution < 1.29 is 4.39 Å². The lowest BCUT2D eigenvalue weighted by molar-refractivity contribution is 0.209. The van der Waals surface area contributed by atoms with Gasteiger partial charge < -0.3 is 4.90 Å². The summed E-state index contributed by atoms with van der Waals surface area (Å²) >= 11 is 0. The first-order valence-corrected chi connectivity index (χ1v) is 10.9. The molecule has 1 aliphatic rings. The van der Waals surface area contributed by atoms with E-state index in [1.54, 1.807) is 12.3 Å². The topological polar surface area (TPSA) is 62.5 Å². The maximum Gasteiger partial charge on any atom is 0.213 e. The van der Waals surface area contributed by atoms with Crippen molar-refractivity contribution in [3.63, 3.8) is 0 Å². The molecule has 0 unspecified atom stereocenters. The van der Waals surface area contributed by atoms with Crippen LogP contribution in [0.1, 0.15) is 19.5 Å². The van der Waals surface area contributed by atoms with Crippen LogP contribution in [0, 0.1) is 12.9 Å². The Morgan fingerprint density at radius 2 is 1.66 bits per heavy atom. The van der Waals surface area contributed by atoms with Crippen molar-refractivity contribution in [1.82, 2.24) is 29.5 Å². The van der Waals surface area contributed by atoms with Crippen LogP contribution in [0.25, 0.3) is 28.2 Å². The van der Waals surface area contributed by atoms with E-state index in [-0.39, 0.29) is 0 Å². The van der Waals surface area contributed by atoms with Gasteiger partial charge in [0.1, 0.15) is 11.5 Å². The first kappa shape index (κ1) is 20.5. The highest BCUT2D eigenvalue weighted by Gasteiger charge is 2.22. The van der Waals surface area contributed by atoms with Crippen molar-refractivity contribution in [2.45, 2.75) is 26.8 Å². The summed E-state index contributed by atoms with van der Waals surface area (Å²) in [4.78, 5) is 17.6. The standard InChI is InChI=1S/C24H26FN7/c1-16(2)30-10-12-31(13-11-30)22-5-4-21-28-23(18-6-9-27-20(25)15-18)24(32(21)29-22)19-7-8-26-17(3)14-19/h4-9,14-16H,10-13H2,1-3H3. The van der Waals surface area contributed by atoms with Crippen LogP contribution in [0.2, 0.25) is 0 Å². The van der Waals surface area contributed by atoms with Gasteiger partial charge in [0.25, 0.3) is 0 Å². The van der Waals surface area contributed by atoms with Crippen LogP contribution in [0.4, 0.5) is 10.2 Å². The maximum atomic E-state index is 13.9. The van der Waals surface area contributed by atoms with Crippen LogP contribution >= 0.6 is 0 Å². The highest BCUT2D eigenvalue weighted by Crippen LogP contribution is 2.33. The minimum Gasteiger partial charge on any atom is -0.353 e. The number of piperazine rings is 1. The van der Waals surface area contributed by atoms with Gasteiger partial charge in [0.15, 0.2) is 5.65 Å². The quantitative estimate of drug-likeness (QED) is 0.458. The van der Waals surface area contributed by atoms with Crippen molar-refractivity contribution >= 4 is 11.5 Å². The van der Waals surface area contributed by atoms with Crippen molar-refractivity contribution in [2.24, 2.45) is 0 Å². The number of hydrogen-bond acceptors (Lipinski definition) is 6. The van der Waals surface area contributed by atoms with Gasteiger partial charge in [-0.15, -0.1) is 5.10 Å². The molecular formula is C24H26FN7. The number of hydrogen-bond donors (Lipinski definition) is 0. The van der Waals surface area contributed by atoms with E-state index < -0.39 is 5.95 Å². The molecule has 0 spiro atoms. The number of pyridine rings is 2. The first-order chi connectivity index (χ1) is 15.5. The van der Waals surface area contributed by atoms with Gasteiger partial charge in [-0.3, -0.25) is 9.88 Å². The molecule has 5 rings (SSSR count). The summed E-state index contributed by atoms with van der Waals surface area (Å²) in [5, 5.41) is 4.98. The minimum atomic E-state index is -0.534. The molecule has 0 radical (unpaired) electrons. The van der Waals surface area contributed by atoms with Crippen LogP contribution in [0.3, 0.4) is 0 Å². The molecule has 1 saturated heterocycles. The largest absolute Gasteiger partial charge is 0.353 e. The Labute approximate surface area is 186 Å². The molecule has 5 heterocycles. The average molecular weight is 432 g/mol. The number of aromatic nitrogens is 5. The highest BCUT2D eigenvalue weighted by atomic mass is 19.1. The third-order valence-electron chi connectivity index (χ3n) is 6.00. The number of rotatable bonds is 4. The van der Waals surface area contributed by atoms with E-state index in [0.717, 1.165) is 48.9 Å². The van der Waals surface area contributed by atoms with Gasteiger partial charge in [0.05, 0.1) is 5.69 Å². The first-order valence-electron chi connectivity index (χ1n) is 10.9. The molecule has 8 heteroatoms. The zero-order chi connectivity index (χ0) is 22.2. The Kier molecular flexibility index (Phi) is 5.30. The molecule has 0 saturated carbocycles. The third kappa shape index (κ3) is 3.82. The Hall–Kier alpha value is -3.39. The van der Waals surface area contributed by atoms with Gasteiger partial charge >= 0.3 is 0 Å². The van der Waals surface area contributed by atoms with Gasteiger partial charge in [-0.1, -0.05) is 0 Å². The van der Waals surface area contributed by atoms with E-state index in [1.165, 1.54) is 12.3 Å². The van der Waals surface area contributed by atoms with Crippen LogP contribution in [-0.4, -0.2) is 61.7 Å². The van der Waals surface area contributed by atoms with Gasteiger partial charge in [-0.2, -0.15) is 4.39 Å². The van der Waals surface area contributed by atoms with Gasteiger partial charge in [0, 0.05) is 67.5 Å². The molecular weight excluding hydrogens is 405 g/mol. The Bertz CT molecular complexity index is 1260. The molecule has 0 N–H and O–H groups in total. The lowest BCUT2D eigenvalue weighted by Gasteiger charge is -2.37. The van der Waals surface area contributed by atoms with Crippen molar-refractivity contribution in [2.75, 3.05) is 31.1 Å². The van der Waals surface area contributed by atoms with Gasteiger partial charge in [-0.25, -0.2) is 14.5 Å². The fraction of sp³-hybridized carbons (Fsp3) is 0.333. The van der Waals surface area contributed by atoms with E-state index in [2.05, 4.69) is 33.6 Å². The summed E-state index contributed by atoms with van der Waals surface area (Å²) in [7, 11) is 0. The van der Waals surface area contributed by atoms with E-state index in [0.29, 0.717) is 22.9 Å². The Morgan fingerprint density at radius 1 is 0.906 bits per heavy atom. The second kappa shape index (κ2) is 8.27. The molecule has 164 valence electrons. The van der Waals surface area contributed by atoms with Crippen LogP contribution in [0.5, 0.6) is 0 Å².